The van der Waals surface area contributed by atoms with Gasteiger partial charge in [-0.15, -0.1) is 0 Å². The van der Waals surface area contributed by atoms with Crippen molar-refractivity contribution >= 4 is 11.7 Å². The first-order valence-electron chi connectivity index (χ1n) is 9.07. The smallest absolute Gasteiger partial charge is 0.322 e. The number of nitriles is 1. The summed E-state index contributed by atoms with van der Waals surface area (Å²) in [6.45, 7) is 0.500. The molecule has 2 amide bonds. The molecule has 1 aromatic heterocycles. The van der Waals surface area contributed by atoms with Crippen LogP contribution in [0.25, 0.3) is 0 Å². The summed E-state index contributed by atoms with van der Waals surface area (Å²) in [5.74, 6) is 0.231. The number of aromatic nitrogens is 2. The number of rotatable bonds is 4. The molecule has 0 radical (unpaired) electrons. The lowest BCUT2D eigenvalue weighted by Gasteiger charge is -2.57. The number of nitrogens with one attached hydrogen (secondary N) is 1. The van der Waals surface area contributed by atoms with Crippen LogP contribution in [0, 0.1) is 11.3 Å². The Morgan fingerprint density at radius 1 is 1.29 bits per heavy atom. The van der Waals surface area contributed by atoms with Crippen molar-refractivity contribution in [2.45, 2.75) is 23.9 Å². The third-order valence-corrected chi connectivity index (χ3v) is 5.83. The molecule has 0 atom stereocenters. The van der Waals surface area contributed by atoms with Gasteiger partial charge in [0.15, 0.2) is 0 Å². The van der Waals surface area contributed by atoms with E-state index >= 15 is 0 Å². The molecule has 1 N–H and O–H groups in total. The van der Waals surface area contributed by atoms with Crippen molar-refractivity contribution in [1.29, 1.82) is 5.26 Å². The molecule has 2 aromatic rings. The maximum Gasteiger partial charge on any atom is 0.322 e. The molecule has 1 saturated carbocycles. The monoisotopic (exact) mass is 378 g/mol. The molecule has 1 aromatic carbocycles. The van der Waals surface area contributed by atoms with Gasteiger partial charge < -0.3 is 10.1 Å². The predicted molar refractivity (Wildman–Crippen MR) is 103 cm³/mol. The molecule has 1 aliphatic heterocycles. The molecular formula is C20H22N6O2. The number of nitrogens with zero attached hydrogens (tertiary/aromatic N) is 5. The molecular weight excluding hydrogens is 356 g/mol. The predicted octanol–water partition coefficient (Wildman–Crippen LogP) is 1.88. The maximum atomic E-state index is 12.7. The van der Waals surface area contributed by atoms with E-state index in [1.54, 1.807) is 4.90 Å². The van der Waals surface area contributed by atoms with Gasteiger partial charge in [-0.2, -0.15) is 10.2 Å². The summed E-state index contributed by atoms with van der Waals surface area (Å²) in [5, 5.41) is 12.1. The van der Waals surface area contributed by atoms with Gasteiger partial charge in [0.1, 0.15) is 11.8 Å². The first kappa shape index (κ1) is 18.2. The summed E-state index contributed by atoms with van der Waals surface area (Å²) in [5.41, 5.74) is 1.28. The van der Waals surface area contributed by atoms with E-state index in [4.69, 9.17) is 10.00 Å². The van der Waals surface area contributed by atoms with Gasteiger partial charge in [0.2, 0.25) is 11.7 Å². The van der Waals surface area contributed by atoms with E-state index in [1.165, 1.54) is 18.9 Å². The molecule has 0 unspecified atom stereocenters. The van der Waals surface area contributed by atoms with Crippen LogP contribution in [-0.2, 0) is 5.54 Å². The summed E-state index contributed by atoms with van der Waals surface area (Å²) in [6.07, 6.45) is 3.08. The molecule has 1 saturated heterocycles. The third-order valence-electron chi connectivity index (χ3n) is 5.83. The minimum atomic E-state index is -0.323. The zero-order chi connectivity index (χ0) is 19.9. The highest BCUT2D eigenvalue weighted by Crippen LogP contribution is 2.53. The third kappa shape index (κ3) is 2.67. The minimum Gasteiger partial charge on any atom is -0.479 e. The van der Waals surface area contributed by atoms with E-state index in [0.717, 1.165) is 12.8 Å². The van der Waals surface area contributed by atoms with Crippen molar-refractivity contribution in [3.8, 4) is 11.9 Å². The normalized spacial score (nSPS) is 26.1. The maximum absolute atomic E-state index is 12.7. The molecule has 0 bridgehead atoms. The number of anilines is 1. The molecule has 144 valence electrons. The molecule has 28 heavy (non-hydrogen) atoms. The van der Waals surface area contributed by atoms with E-state index in [0.29, 0.717) is 12.2 Å². The number of amides is 2. The number of ether oxygens (including phenoxy) is 1. The second-order valence-electron chi connectivity index (χ2n) is 7.64. The Labute approximate surface area is 163 Å². The van der Waals surface area contributed by atoms with E-state index in [-0.39, 0.29) is 28.8 Å². The number of benzene rings is 1. The Morgan fingerprint density at radius 3 is 2.61 bits per heavy atom. The van der Waals surface area contributed by atoms with Crippen molar-refractivity contribution in [3.05, 3.63) is 47.9 Å². The van der Waals surface area contributed by atoms with Crippen molar-refractivity contribution in [2.75, 3.05) is 32.6 Å². The molecule has 2 fully saturated rings. The summed E-state index contributed by atoms with van der Waals surface area (Å²) in [6, 6.07) is 12.1. The van der Waals surface area contributed by atoms with E-state index in [1.807, 2.05) is 24.3 Å². The van der Waals surface area contributed by atoms with Crippen LogP contribution in [0.3, 0.4) is 0 Å². The fourth-order valence-corrected chi connectivity index (χ4v) is 4.45. The fraction of sp³-hybridized carbons (Fsp3) is 0.400. The van der Waals surface area contributed by atoms with Crippen LogP contribution in [0.4, 0.5) is 10.5 Å². The van der Waals surface area contributed by atoms with Gasteiger partial charge >= 0.3 is 6.03 Å². The lowest BCUT2D eigenvalue weighted by atomic mass is 9.59. The van der Waals surface area contributed by atoms with Crippen LogP contribution in [0.15, 0.2) is 36.5 Å². The topological polar surface area (TPSA) is 94.4 Å². The summed E-state index contributed by atoms with van der Waals surface area (Å²) in [4.78, 5) is 24.6. The number of hydrogen-bond donors (Lipinski definition) is 1. The van der Waals surface area contributed by atoms with Crippen LogP contribution in [0.1, 0.15) is 24.2 Å². The van der Waals surface area contributed by atoms with E-state index in [2.05, 4.69) is 46.4 Å². The van der Waals surface area contributed by atoms with E-state index in [9.17, 15) is 4.79 Å². The molecule has 8 nitrogen and oxygen atoms in total. The fourth-order valence-electron chi connectivity index (χ4n) is 4.45. The van der Waals surface area contributed by atoms with Crippen LogP contribution < -0.4 is 15.0 Å². The number of hydrogen-bond acceptors (Lipinski definition) is 6. The number of carbonyl (C=O) groups excluding carboxylic acids is 1. The molecule has 4 rings (SSSR count). The molecule has 8 heteroatoms. The van der Waals surface area contributed by atoms with Crippen LogP contribution in [-0.4, -0.2) is 54.2 Å². The Balaban J connectivity index is 1.61. The standard InChI is InChI=1S/C20H22N6O2/c1-25(2)20(14-7-5-4-6-8-14)11-19(12-20)13-26(18(27)24-19)15-10-22-16(9-21)23-17(15)28-3/h4-8,10H,11-13H2,1-3H3,(H,24,27)/t19-,20-. The average molecular weight is 378 g/mol. The SMILES string of the molecule is COc1nc(C#N)ncc1N1C[C@]2(C[C@@](c3ccccc3)(N(C)C)C2)NC1=O. The van der Waals surface area contributed by atoms with Gasteiger partial charge in [-0.3, -0.25) is 9.80 Å². The van der Waals surface area contributed by atoms with Gasteiger partial charge in [-0.25, -0.2) is 9.78 Å². The quantitative estimate of drug-likeness (QED) is 0.873. The van der Waals surface area contributed by atoms with Crippen LogP contribution >= 0.6 is 0 Å². The molecule has 2 aliphatic rings. The minimum absolute atomic E-state index is 0.00858. The largest absolute Gasteiger partial charge is 0.479 e. The van der Waals surface area contributed by atoms with Gasteiger partial charge in [0.25, 0.3) is 0 Å². The summed E-state index contributed by atoms with van der Waals surface area (Å²) in [7, 11) is 5.62. The van der Waals surface area contributed by atoms with Crippen molar-refractivity contribution in [3.63, 3.8) is 0 Å². The Bertz CT molecular complexity index is 947. The van der Waals surface area contributed by atoms with Gasteiger partial charge in [-0.05, 0) is 32.5 Å². The lowest BCUT2D eigenvalue weighted by Crippen LogP contribution is -2.66. The highest BCUT2D eigenvalue weighted by atomic mass is 16.5. The zero-order valence-electron chi connectivity index (χ0n) is 16.1. The Morgan fingerprint density at radius 2 is 2.00 bits per heavy atom. The Kier molecular flexibility index (Phi) is 4.20. The Hall–Kier alpha value is -3.18. The van der Waals surface area contributed by atoms with Crippen LogP contribution in [0.2, 0.25) is 0 Å². The highest BCUT2D eigenvalue weighted by Gasteiger charge is 2.61. The van der Waals surface area contributed by atoms with Crippen molar-refractivity contribution in [1.82, 2.24) is 20.2 Å². The summed E-state index contributed by atoms with van der Waals surface area (Å²) >= 11 is 0. The first-order valence-corrected chi connectivity index (χ1v) is 9.07. The first-order chi connectivity index (χ1) is 13.4. The van der Waals surface area contributed by atoms with Crippen molar-refractivity contribution in [2.24, 2.45) is 0 Å². The lowest BCUT2D eigenvalue weighted by molar-refractivity contribution is -0.0169. The highest BCUT2D eigenvalue weighted by molar-refractivity contribution is 5.96. The molecule has 2 heterocycles. The van der Waals surface area contributed by atoms with Crippen molar-refractivity contribution < 1.29 is 9.53 Å². The average Bonchev–Trinajstić information content (AvgIpc) is 3.03. The second kappa shape index (κ2) is 6.46. The van der Waals surface area contributed by atoms with Gasteiger partial charge in [-0.1, -0.05) is 30.3 Å². The van der Waals surface area contributed by atoms with Gasteiger partial charge in [0.05, 0.1) is 30.9 Å². The number of methoxy groups -OCH3 is 1. The van der Waals surface area contributed by atoms with E-state index < -0.39 is 0 Å². The molecule has 1 aliphatic carbocycles. The number of carbonyl (C=O) groups is 1. The summed E-state index contributed by atoms with van der Waals surface area (Å²) < 4.78 is 5.28. The van der Waals surface area contributed by atoms with Gasteiger partial charge in [0, 0.05) is 0 Å². The zero-order valence-corrected chi connectivity index (χ0v) is 16.1. The van der Waals surface area contributed by atoms with Crippen LogP contribution in [0.5, 0.6) is 5.88 Å². The number of urea groups is 1. The second-order valence-corrected chi connectivity index (χ2v) is 7.64. The molecule has 1 spiro atoms.